The van der Waals surface area contributed by atoms with Gasteiger partial charge >= 0.3 is 0 Å². The van der Waals surface area contributed by atoms with Crippen molar-refractivity contribution in [2.45, 2.75) is 33.2 Å². The van der Waals surface area contributed by atoms with Crippen molar-refractivity contribution in [3.63, 3.8) is 0 Å². The second-order valence-corrected chi connectivity index (χ2v) is 5.31. The highest BCUT2D eigenvalue weighted by Crippen LogP contribution is 2.24. The maximum atomic E-state index is 6.00. The Kier molecular flexibility index (Phi) is 3.72. The van der Waals surface area contributed by atoms with Gasteiger partial charge in [0.2, 0.25) is 5.95 Å². The Bertz CT molecular complexity index is 515. The number of nitrogens with zero attached hydrogens (tertiary/aromatic N) is 2. The first kappa shape index (κ1) is 12.4. The summed E-state index contributed by atoms with van der Waals surface area (Å²) in [5.41, 5.74) is 8.08. The third kappa shape index (κ3) is 2.46. The van der Waals surface area contributed by atoms with Crippen LogP contribution in [0.3, 0.4) is 0 Å². The number of nitrogen functional groups attached to an aromatic ring is 1. The van der Waals surface area contributed by atoms with Gasteiger partial charge in [0.1, 0.15) is 0 Å². The average molecular weight is 296 g/mol. The lowest BCUT2D eigenvalue weighted by molar-refractivity contribution is 0.427. The number of hydrogen-bond donors (Lipinski definition) is 1. The highest BCUT2D eigenvalue weighted by molar-refractivity contribution is 9.10. The number of aromatic nitrogens is 2. The van der Waals surface area contributed by atoms with Gasteiger partial charge in [-0.15, -0.1) is 0 Å². The lowest BCUT2D eigenvalue weighted by Gasteiger charge is -2.14. The zero-order valence-electron chi connectivity index (χ0n) is 10.3. The molecule has 2 rings (SSSR count). The smallest absolute Gasteiger partial charge is 0.201 e. The molecule has 92 valence electrons. The fourth-order valence-corrected chi connectivity index (χ4v) is 2.46. The van der Waals surface area contributed by atoms with Crippen LogP contribution in [0.1, 0.15) is 26.7 Å². The minimum atomic E-state index is 0.616. The predicted molar refractivity (Wildman–Crippen MR) is 75.9 cm³/mol. The van der Waals surface area contributed by atoms with Crippen molar-refractivity contribution in [1.82, 2.24) is 9.55 Å². The van der Waals surface area contributed by atoms with E-state index in [2.05, 4.69) is 45.4 Å². The topological polar surface area (TPSA) is 43.8 Å². The van der Waals surface area contributed by atoms with Crippen molar-refractivity contribution < 1.29 is 0 Å². The van der Waals surface area contributed by atoms with E-state index in [0.29, 0.717) is 11.9 Å². The average Bonchev–Trinajstić information content (AvgIpc) is 2.62. The number of rotatable bonds is 4. The second kappa shape index (κ2) is 5.08. The molecular formula is C13H18BrN3. The highest BCUT2D eigenvalue weighted by atomic mass is 79.9. The zero-order chi connectivity index (χ0) is 12.4. The lowest BCUT2D eigenvalue weighted by atomic mass is 10.0. The van der Waals surface area contributed by atoms with Crippen molar-refractivity contribution >= 4 is 32.9 Å². The fraction of sp³-hybridized carbons (Fsp3) is 0.462. The van der Waals surface area contributed by atoms with Gasteiger partial charge in [0.05, 0.1) is 11.0 Å². The van der Waals surface area contributed by atoms with Crippen LogP contribution in [0.2, 0.25) is 0 Å². The van der Waals surface area contributed by atoms with Gasteiger partial charge in [-0.25, -0.2) is 4.98 Å². The van der Waals surface area contributed by atoms with Crippen molar-refractivity contribution in [2.75, 3.05) is 5.73 Å². The Morgan fingerprint density at radius 3 is 2.71 bits per heavy atom. The number of nitrogens with two attached hydrogens (primary N) is 1. The largest absolute Gasteiger partial charge is 0.369 e. The molecule has 2 aromatic rings. The molecule has 0 saturated carbocycles. The van der Waals surface area contributed by atoms with E-state index in [-0.39, 0.29) is 0 Å². The van der Waals surface area contributed by atoms with Crippen LogP contribution in [0, 0.1) is 5.92 Å². The predicted octanol–water partition coefficient (Wildman–Crippen LogP) is 3.82. The Hall–Kier alpha value is -1.03. The van der Waals surface area contributed by atoms with Gasteiger partial charge < -0.3 is 10.3 Å². The van der Waals surface area contributed by atoms with Crippen LogP contribution >= 0.6 is 15.9 Å². The summed E-state index contributed by atoms with van der Waals surface area (Å²) in [6, 6.07) is 6.08. The SMILES string of the molecule is CCC(CC)Cn1c(N)nc2ccc(Br)cc21. The number of anilines is 1. The Morgan fingerprint density at radius 1 is 1.35 bits per heavy atom. The van der Waals surface area contributed by atoms with Crippen LogP contribution in [-0.2, 0) is 6.54 Å². The summed E-state index contributed by atoms with van der Waals surface area (Å²) in [5, 5.41) is 0. The molecule has 0 atom stereocenters. The maximum Gasteiger partial charge on any atom is 0.201 e. The van der Waals surface area contributed by atoms with Gasteiger partial charge in [-0.3, -0.25) is 0 Å². The summed E-state index contributed by atoms with van der Waals surface area (Å²) < 4.78 is 3.19. The van der Waals surface area contributed by atoms with Crippen molar-refractivity contribution in [1.29, 1.82) is 0 Å². The molecule has 0 amide bonds. The van der Waals surface area contributed by atoms with E-state index >= 15 is 0 Å². The molecule has 4 heteroatoms. The van der Waals surface area contributed by atoms with Crippen LogP contribution in [0.5, 0.6) is 0 Å². The quantitative estimate of drug-likeness (QED) is 0.932. The number of imidazole rings is 1. The summed E-state index contributed by atoms with van der Waals surface area (Å²) in [6.45, 7) is 5.39. The molecule has 1 heterocycles. The van der Waals surface area contributed by atoms with Gasteiger partial charge in [0.25, 0.3) is 0 Å². The Labute approximate surface area is 110 Å². The molecular weight excluding hydrogens is 278 g/mol. The van der Waals surface area contributed by atoms with Gasteiger partial charge in [0.15, 0.2) is 0 Å². The summed E-state index contributed by atoms with van der Waals surface area (Å²) in [4.78, 5) is 4.40. The van der Waals surface area contributed by atoms with E-state index < -0.39 is 0 Å². The molecule has 2 N–H and O–H groups in total. The monoisotopic (exact) mass is 295 g/mol. The number of benzene rings is 1. The first-order chi connectivity index (χ1) is 8.15. The molecule has 0 bridgehead atoms. The van der Waals surface area contributed by atoms with Crippen molar-refractivity contribution in [2.24, 2.45) is 5.92 Å². The Balaban J connectivity index is 2.44. The van der Waals surface area contributed by atoms with E-state index in [1.165, 1.54) is 12.8 Å². The van der Waals surface area contributed by atoms with Gasteiger partial charge in [-0.1, -0.05) is 42.6 Å². The van der Waals surface area contributed by atoms with Crippen LogP contribution < -0.4 is 5.73 Å². The summed E-state index contributed by atoms with van der Waals surface area (Å²) in [5.74, 6) is 1.28. The zero-order valence-corrected chi connectivity index (χ0v) is 11.9. The van der Waals surface area contributed by atoms with Crippen LogP contribution in [0.25, 0.3) is 11.0 Å². The first-order valence-corrected chi connectivity index (χ1v) is 6.86. The summed E-state index contributed by atoms with van der Waals surface area (Å²) >= 11 is 3.49. The number of halogens is 1. The molecule has 0 saturated heterocycles. The molecule has 1 aromatic heterocycles. The normalized spacial score (nSPS) is 11.5. The van der Waals surface area contributed by atoms with E-state index in [4.69, 9.17) is 5.73 Å². The molecule has 17 heavy (non-hydrogen) atoms. The second-order valence-electron chi connectivity index (χ2n) is 4.40. The van der Waals surface area contributed by atoms with E-state index in [1.807, 2.05) is 12.1 Å². The van der Waals surface area contributed by atoms with Crippen molar-refractivity contribution in [3.8, 4) is 0 Å². The summed E-state index contributed by atoms with van der Waals surface area (Å²) in [7, 11) is 0. The molecule has 0 spiro atoms. The van der Waals surface area contributed by atoms with Gasteiger partial charge in [-0.05, 0) is 24.1 Å². The number of hydrogen-bond acceptors (Lipinski definition) is 2. The lowest BCUT2D eigenvalue weighted by Crippen LogP contribution is -2.11. The minimum Gasteiger partial charge on any atom is -0.369 e. The molecule has 0 aliphatic rings. The van der Waals surface area contributed by atoms with E-state index in [0.717, 1.165) is 22.1 Å². The van der Waals surface area contributed by atoms with Gasteiger partial charge in [0, 0.05) is 11.0 Å². The molecule has 0 unspecified atom stereocenters. The third-order valence-corrected chi connectivity index (χ3v) is 3.83. The fourth-order valence-electron chi connectivity index (χ4n) is 2.11. The van der Waals surface area contributed by atoms with Crippen molar-refractivity contribution in [3.05, 3.63) is 22.7 Å². The molecule has 1 aromatic carbocycles. The first-order valence-electron chi connectivity index (χ1n) is 6.07. The molecule has 3 nitrogen and oxygen atoms in total. The molecule has 0 aliphatic carbocycles. The van der Waals surface area contributed by atoms with Gasteiger partial charge in [-0.2, -0.15) is 0 Å². The number of fused-ring (bicyclic) bond motifs is 1. The van der Waals surface area contributed by atoms with E-state index in [1.54, 1.807) is 0 Å². The Morgan fingerprint density at radius 2 is 2.06 bits per heavy atom. The molecule has 0 radical (unpaired) electrons. The highest BCUT2D eigenvalue weighted by Gasteiger charge is 2.12. The van der Waals surface area contributed by atoms with Crippen LogP contribution in [0.15, 0.2) is 22.7 Å². The van der Waals surface area contributed by atoms with E-state index in [9.17, 15) is 0 Å². The molecule has 0 aliphatic heterocycles. The van der Waals surface area contributed by atoms with Crippen LogP contribution in [0.4, 0.5) is 5.95 Å². The molecule has 0 fully saturated rings. The minimum absolute atomic E-state index is 0.616. The third-order valence-electron chi connectivity index (χ3n) is 3.34. The summed E-state index contributed by atoms with van der Waals surface area (Å²) in [6.07, 6.45) is 2.34. The standard InChI is InChI=1S/C13H18BrN3/c1-3-9(4-2)8-17-12-7-10(14)5-6-11(12)16-13(17)15/h5-7,9H,3-4,8H2,1-2H3,(H2,15,16). The van der Waals surface area contributed by atoms with Crippen LogP contribution in [-0.4, -0.2) is 9.55 Å². The maximum absolute atomic E-state index is 6.00.